The Morgan fingerprint density at radius 2 is 2.25 bits per heavy atom. The van der Waals surface area contributed by atoms with Crippen molar-refractivity contribution >= 4 is 23.2 Å². The Bertz CT molecular complexity index is 395. The van der Waals surface area contributed by atoms with Crippen LogP contribution in [-0.4, -0.2) is 17.8 Å². The molecule has 88 valence electrons. The molecule has 0 saturated carbocycles. The number of halogens is 2. The lowest BCUT2D eigenvalue weighted by Crippen LogP contribution is -2.32. The van der Waals surface area contributed by atoms with E-state index in [-0.39, 0.29) is 18.7 Å². The quantitative estimate of drug-likeness (QED) is 0.875. The number of fused-ring (bicyclic) bond motifs is 1. The molecule has 0 aliphatic heterocycles. The van der Waals surface area contributed by atoms with Crippen molar-refractivity contribution in [2.75, 3.05) is 6.61 Å². The lowest BCUT2D eigenvalue weighted by atomic mass is 10.1. The summed E-state index contributed by atoms with van der Waals surface area (Å²) in [5.41, 5.74) is 2.37. The average molecular weight is 260 g/mol. The van der Waals surface area contributed by atoms with Crippen molar-refractivity contribution in [2.24, 2.45) is 0 Å². The van der Waals surface area contributed by atoms with Crippen LogP contribution >= 0.6 is 23.2 Å². The summed E-state index contributed by atoms with van der Waals surface area (Å²) in [6.45, 7) is 2.10. The second kappa shape index (κ2) is 4.92. The minimum atomic E-state index is 0.0914. The highest BCUT2D eigenvalue weighted by Crippen LogP contribution is 2.37. The van der Waals surface area contributed by atoms with Crippen molar-refractivity contribution in [3.8, 4) is 0 Å². The first-order chi connectivity index (χ1) is 7.61. The van der Waals surface area contributed by atoms with E-state index >= 15 is 0 Å². The molecule has 2 atom stereocenters. The van der Waals surface area contributed by atoms with Crippen LogP contribution in [0.15, 0.2) is 12.1 Å². The van der Waals surface area contributed by atoms with Gasteiger partial charge in [-0.3, -0.25) is 0 Å². The third-order valence-electron chi connectivity index (χ3n) is 3.01. The van der Waals surface area contributed by atoms with Gasteiger partial charge in [0, 0.05) is 22.1 Å². The van der Waals surface area contributed by atoms with Gasteiger partial charge in [0.05, 0.1) is 6.61 Å². The second-order valence-corrected chi connectivity index (χ2v) is 5.14. The second-order valence-electron chi connectivity index (χ2n) is 4.30. The summed E-state index contributed by atoms with van der Waals surface area (Å²) in [5.74, 6) is 0. The van der Waals surface area contributed by atoms with Gasteiger partial charge in [-0.25, -0.2) is 0 Å². The summed E-state index contributed by atoms with van der Waals surface area (Å²) in [7, 11) is 0. The third-order valence-corrected chi connectivity index (χ3v) is 3.57. The van der Waals surface area contributed by atoms with Gasteiger partial charge in [0.2, 0.25) is 0 Å². The van der Waals surface area contributed by atoms with E-state index in [4.69, 9.17) is 28.3 Å². The fourth-order valence-electron chi connectivity index (χ4n) is 2.21. The zero-order valence-corrected chi connectivity index (χ0v) is 10.6. The molecule has 2 nitrogen and oxygen atoms in total. The molecule has 1 aliphatic carbocycles. The summed E-state index contributed by atoms with van der Waals surface area (Å²) in [6, 6.07) is 4.11. The van der Waals surface area contributed by atoms with Crippen molar-refractivity contribution in [3.05, 3.63) is 33.3 Å². The SMILES string of the molecule is CC(CO)NC1CCc2c(Cl)cc(Cl)cc21. The zero-order valence-electron chi connectivity index (χ0n) is 9.13. The Balaban J connectivity index is 2.25. The first-order valence-electron chi connectivity index (χ1n) is 5.46. The number of nitrogens with one attached hydrogen (secondary N) is 1. The first-order valence-corrected chi connectivity index (χ1v) is 6.22. The van der Waals surface area contributed by atoms with Crippen LogP contribution in [0.2, 0.25) is 10.0 Å². The standard InChI is InChI=1S/C12H15Cl2NO/c1-7(6-16)15-12-3-2-9-10(12)4-8(13)5-11(9)14/h4-5,7,12,15-16H,2-3,6H2,1H3. The Morgan fingerprint density at radius 1 is 1.50 bits per heavy atom. The summed E-state index contributed by atoms with van der Waals surface area (Å²) in [5, 5.41) is 13.8. The molecule has 16 heavy (non-hydrogen) atoms. The highest BCUT2D eigenvalue weighted by Gasteiger charge is 2.25. The topological polar surface area (TPSA) is 32.3 Å². The molecular weight excluding hydrogens is 245 g/mol. The fraction of sp³-hybridized carbons (Fsp3) is 0.500. The van der Waals surface area contributed by atoms with Gasteiger partial charge in [0.15, 0.2) is 0 Å². The molecule has 1 aromatic rings. The maximum absolute atomic E-state index is 9.04. The highest BCUT2D eigenvalue weighted by molar-refractivity contribution is 6.35. The minimum absolute atomic E-state index is 0.0914. The molecule has 0 saturated heterocycles. The molecule has 0 radical (unpaired) electrons. The van der Waals surface area contributed by atoms with Crippen LogP contribution in [0.1, 0.15) is 30.5 Å². The van der Waals surface area contributed by atoms with Gasteiger partial charge in [0.1, 0.15) is 0 Å². The van der Waals surface area contributed by atoms with E-state index in [1.54, 1.807) is 6.07 Å². The molecular formula is C12H15Cl2NO. The smallest absolute Gasteiger partial charge is 0.0582 e. The van der Waals surface area contributed by atoms with Crippen LogP contribution in [-0.2, 0) is 6.42 Å². The zero-order chi connectivity index (χ0) is 11.7. The third kappa shape index (κ3) is 2.35. The number of rotatable bonds is 3. The van der Waals surface area contributed by atoms with Crippen LogP contribution in [0, 0.1) is 0 Å². The molecule has 1 aromatic carbocycles. The lowest BCUT2D eigenvalue weighted by molar-refractivity contribution is 0.240. The molecule has 1 aliphatic rings. The normalized spacial score (nSPS) is 20.9. The average Bonchev–Trinajstić information content (AvgIpc) is 2.61. The molecule has 0 heterocycles. The molecule has 0 amide bonds. The largest absolute Gasteiger partial charge is 0.395 e. The predicted molar refractivity (Wildman–Crippen MR) is 67.2 cm³/mol. The van der Waals surface area contributed by atoms with E-state index < -0.39 is 0 Å². The van der Waals surface area contributed by atoms with E-state index in [2.05, 4.69) is 5.32 Å². The molecule has 0 spiro atoms. The fourth-order valence-corrected chi connectivity index (χ4v) is 2.82. The summed E-state index contributed by atoms with van der Waals surface area (Å²) >= 11 is 12.2. The predicted octanol–water partition coefficient (Wildman–Crippen LogP) is 2.95. The lowest BCUT2D eigenvalue weighted by Gasteiger charge is -2.18. The van der Waals surface area contributed by atoms with Gasteiger partial charge in [-0.2, -0.15) is 0 Å². The van der Waals surface area contributed by atoms with Crippen molar-refractivity contribution in [1.82, 2.24) is 5.32 Å². The molecule has 0 bridgehead atoms. The van der Waals surface area contributed by atoms with Gasteiger partial charge in [-0.05, 0) is 43.0 Å². The number of aliphatic hydroxyl groups is 1. The number of benzene rings is 1. The Hall–Kier alpha value is -0.280. The highest BCUT2D eigenvalue weighted by atomic mass is 35.5. The van der Waals surface area contributed by atoms with E-state index in [1.165, 1.54) is 11.1 Å². The van der Waals surface area contributed by atoms with Gasteiger partial charge in [0.25, 0.3) is 0 Å². The maximum atomic E-state index is 9.04. The van der Waals surface area contributed by atoms with Crippen LogP contribution in [0.25, 0.3) is 0 Å². The molecule has 2 rings (SSSR count). The Morgan fingerprint density at radius 3 is 2.94 bits per heavy atom. The Labute approximate surface area is 106 Å². The monoisotopic (exact) mass is 259 g/mol. The van der Waals surface area contributed by atoms with Crippen LogP contribution in [0.4, 0.5) is 0 Å². The molecule has 4 heteroatoms. The van der Waals surface area contributed by atoms with Gasteiger partial charge in [-0.1, -0.05) is 23.2 Å². The van der Waals surface area contributed by atoms with Crippen molar-refractivity contribution in [2.45, 2.75) is 31.8 Å². The summed E-state index contributed by atoms with van der Waals surface area (Å²) < 4.78 is 0. The molecule has 0 aromatic heterocycles. The van der Waals surface area contributed by atoms with Crippen LogP contribution in [0.3, 0.4) is 0 Å². The van der Waals surface area contributed by atoms with Crippen molar-refractivity contribution in [3.63, 3.8) is 0 Å². The van der Waals surface area contributed by atoms with Crippen LogP contribution < -0.4 is 5.32 Å². The Kier molecular flexibility index (Phi) is 3.75. The summed E-state index contributed by atoms with van der Waals surface area (Å²) in [6.07, 6.45) is 1.99. The number of hydrogen-bond donors (Lipinski definition) is 2. The van der Waals surface area contributed by atoms with E-state index in [0.717, 1.165) is 17.9 Å². The van der Waals surface area contributed by atoms with Crippen molar-refractivity contribution < 1.29 is 5.11 Å². The molecule has 0 fully saturated rings. The number of hydrogen-bond acceptors (Lipinski definition) is 2. The van der Waals surface area contributed by atoms with Gasteiger partial charge >= 0.3 is 0 Å². The van der Waals surface area contributed by atoms with Gasteiger partial charge < -0.3 is 10.4 Å². The van der Waals surface area contributed by atoms with E-state index in [9.17, 15) is 0 Å². The maximum Gasteiger partial charge on any atom is 0.0582 e. The van der Waals surface area contributed by atoms with Crippen LogP contribution in [0.5, 0.6) is 0 Å². The number of aliphatic hydroxyl groups excluding tert-OH is 1. The minimum Gasteiger partial charge on any atom is -0.395 e. The molecule has 2 unspecified atom stereocenters. The summed E-state index contributed by atoms with van der Waals surface area (Å²) in [4.78, 5) is 0. The van der Waals surface area contributed by atoms with E-state index in [0.29, 0.717) is 5.02 Å². The van der Waals surface area contributed by atoms with Gasteiger partial charge in [-0.15, -0.1) is 0 Å². The molecule has 2 N–H and O–H groups in total. The first kappa shape index (κ1) is 12.2. The van der Waals surface area contributed by atoms with Crippen molar-refractivity contribution in [1.29, 1.82) is 0 Å². The van der Waals surface area contributed by atoms with E-state index in [1.807, 2.05) is 13.0 Å².